The average molecular weight is 277 g/mol. The predicted molar refractivity (Wildman–Crippen MR) is 76.1 cm³/mol. The van der Waals surface area contributed by atoms with E-state index in [-0.39, 0.29) is 0 Å². The topological polar surface area (TPSA) is 114 Å². The molecule has 3 rings (SSSR count). The Labute approximate surface area is 116 Å². The molecule has 1 aliphatic carbocycles. The highest BCUT2D eigenvalue weighted by molar-refractivity contribution is 5.86. The molecule has 0 aliphatic heterocycles. The number of anilines is 2. The van der Waals surface area contributed by atoms with Gasteiger partial charge in [0.1, 0.15) is 5.82 Å². The van der Waals surface area contributed by atoms with Crippen LogP contribution in [0.4, 0.5) is 11.8 Å². The molecule has 0 bridgehead atoms. The molecule has 20 heavy (non-hydrogen) atoms. The number of aromatic nitrogens is 4. The van der Waals surface area contributed by atoms with Crippen LogP contribution in [0.5, 0.6) is 0 Å². The fourth-order valence-electron chi connectivity index (χ4n) is 1.95. The third kappa shape index (κ3) is 3.14. The molecule has 0 saturated heterocycles. The summed E-state index contributed by atoms with van der Waals surface area (Å²) in [5.41, 5.74) is 3.10. The summed E-state index contributed by atoms with van der Waals surface area (Å²) in [6.45, 7) is 2.46. The summed E-state index contributed by atoms with van der Waals surface area (Å²) >= 11 is 0. The number of hydrogen-bond donors (Lipinski definition) is 4. The molecule has 1 aliphatic rings. The van der Waals surface area contributed by atoms with Gasteiger partial charge < -0.3 is 10.1 Å². The van der Waals surface area contributed by atoms with Crippen molar-refractivity contribution in [2.45, 2.75) is 19.3 Å². The van der Waals surface area contributed by atoms with E-state index in [1.54, 1.807) is 6.20 Å². The van der Waals surface area contributed by atoms with E-state index in [2.05, 4.69) is 30.9 Å². The maximum absolute atomic E-state index is 5.59. The largest absolute Gasteiger partial charge is 0.381 e. The number of rotatable bonds is 8. The van der Waals surface area contributed by atoms with Crippen molar-refractivity contribution in [2.75, 3.05) is 30.5 Å². The second-order valence-electron chi connectivity index (χ2n) is 4.97. The Balaban J connectivity index is 1.51. The second kappa shape index (κ2) is 6.02. The minimum absolute atomic E-state index is 0.356. The summed E-state index contributed by atoms with van der Waals surface area (Å²) in [5, 5.41) is 10.9. The first-order chi connectivity index (χ1) is 9.86. The van der Waals surface area contributed by atoms with Crippen molar-refractivity contribution in [2.24, 2.45) is 11.8 Å². The summed E-state index contributed by atoms with van der Waals surface area (Å²) in [5.74, 6) is 7.24. The van der Waals surface area contributed by atoms with Crippen LogP contribution in [0.2, 0.25) is 0 Å². The van der Waals surface area contributed by atoms with Gasteiger partial charge in [0.15, 0.2) is 5.65 Å². The zero-order valence-electron chi connectivity index (χ0n) is 11.2. The fraction of sp³-hybridized carbons (Fsp3) is 0.583. The zero-order valence-corrected chi connectivity index (χ0v) is 11.2. The monoisotopic (exact) mass is 277 g/mol. The smallest absolute Gasteiger partial charge is 0.241 e. The molecule has 0 spiro atoms. The van der Waals surface area contributed by atoms with Crippen molar-refractivity contribution in [3.05, 3.63) is 6.20 Å². The minimum Gasteiger partial charge on any atom is -0.381 e. The van der Waals surface area contributed by atoms with E-state index in [0.717, 1.165) is 43.3 Å². The lowest BCUT2D eigenvalue weighted by molar-refractivity contribution is 0.124. The number of H-pyrrole nitrogens is 1. The molecule has 8 heteroatoms. The van der Waals surface area contributed by atoms with Crippen LogP contribution in [0.3, 0.4) is 0 Å². The van der Waals surface area contributed by atoms with Gasteiger partial charge in [0.05, 0.1) is 11.6 Å². The van der Waals surface area contributed by atoms with Crippen molar-refractivity contribution in [1.82, 2.24) is 20.2 Å². The SMILES string of the molecule is NNc1nc(NCCCOCC2CC2)c2cn[nH]c2n1. The standard InChI is InChI=1S/C12H19N7O/c13-18-12-16-10(9-6-15-19-11(9)17-12)14-4-1-5-20-7-8-2-3-8/h6,8H,1-5,7,13H2,(H3,14,15,16,17,18,19). The first-order valence-corrected chi connectivity index (χ1v) is 6.86. The normalized spacial score (nSPS) is 14.7. The number of fused-ring (bicyclic) bond motifs is 1. The van der Waals surface area contributed by atoms with Crippen molar-refractivity contribution in [1.29, 1.82) is 0 Å². The zero-order chi connectivity index (χ0) is 13.8. The number of hydrogen-bond acceptors (Lipinski definition) is 7. The highest BCUT2D eigenvalue weighted by atomic mass is 16.5. The van der Waals surface area contributed by atoms with Crippen LogP contribution in [0.15, 0.2) is 6.20 Å². The Morgan fingerprint density at radius 2 is 2.30 bits per heavy atom. The molecule has 5 N–H and O–H groups in total. The average Bonchev–Trinajstić information content (AvgIpc) is 3.17. The highest BCUT2D eigenvalue weighted by Gasteiger charge is 2.20. The quantitative estimate of drug-likeness (QED) is 0.321. The molecule has 0 aromatic carbocycles. The van der Waals surface area contributed by atoms with Crippen LogP contribution >= 0.6 is 0 Å². The van der Waals surface area contributed by atoms with E-state index in [4.69, 9.17) is 10.6 Å². The molecule has 8 nitrogen and oxygen atoms in total. The van der Waals surface area contributed by atoms with Gasteiger partial charge in [-0.25, -0.2) is 5.84 Å². The number of nitrogens with two attached hydrogens (primary N) is 1. The van der Waals surface area contributed by atoms with E-state index in [9.17, 15) is 0 Å². The maximum atomic E-state index is 5.59. The minimum atomic E-state index is 0.356. The van der Waals surface area contributed by atoms with E-state index in [1.807, 2.05) is 0 Å². The molecule has 2 heterocycles. The summed E-state index contributed by atoms with van der Waals surface area (Å²) in [7, 11) is 0. The Morgan fingerprint density at radius 3 is 3.10 bits per heavy atom. The van der Waals surface area contributed by atoms with E-state index in [0.29, 0.717) is 11.6 Å². The molecular weight excluding hydrogens is 258 g/mol. The van der Waals surface area contributed by atoms with Gasteiger partial charge in [-0.05, 0) is 25.2 Å². The molecule has 0 atom stereocenters. The second-order valence-corrected chi connectivity index (χ2v) is 4.97. The number of nitrogens with one attached hydrogen (secondary N) is 3. The Morgan fingerprint density at radius 1 is 1.40 bits per heavy atom. The highest BCUT2D eigenvalue weighted by Crippen LogP contribution is 2.28. The Bertz CT molecular complexity index is 566. The van der Waals surface area contributed by atoms with Crippen LogP contribution in [-0.4, -0.2) is 39.9 Å². The van der Waals surface area contributed by atoms with Crippen molar-refractivity contribution >= 4 is 22.8 Å². The maximum Gasteiger partial charge on any atom is 0.241 e. The molecule has 0 amide bonds. The van der Waals surface area contributed by atoms with E-state index in [1.165, 1.54) is 12.8 Å². The van der Waals surface area contributed by atoms with Gasteiger partial charge in [-0.1, -0.05) is 0 Å². The summed E-state index contributed by atoms with van der Waals surface area (Å²) in [6, 6.07) is 0. The van der Waals surface area contributed by atoms with Crippen molar-refractivity contribution in [3.63, 3.8) is 0 Å². The molecule has 0 unspecified atom stereocenters. The van der Waals surface area contributed by atoms with Crippen molar-refractivity contribution < 1.29 is 4.74 Å². The number of hydrazine groups is 1. The number of nitrogen functional groups attached to an aromatic ring is 1. The first kappa shape index (κ1) is 13.1. The Hall–Kier alpha value is -1.93. The third-order valence-electron chi connectivity index (χ3n) is 3.25. The molecule has 1 saturated carbocycles. The fourth-order valence-corrected chi connectivity index (χ4v) is 1.95. The van der Waals surface area contributed by atoms with E-state index < -0.39 is 0 Å². The summed E-state index contributed by atoms with van der Waals surface area (Å²) < 4.78 is 5.59. The van der Waals surface area contributed by atoms with Gasteiger partial charge in [-0.15, -0.1) is 0 Å². The van der Waals surface area contributed by atoms with Gasteiger partial charge in [-0.2, -0.15) is 15.1 Å². The predicted octanol–water partition coefficient (Wildman–Crippen LogP) is 0.867. The summed E-state index contributed by atoms with van der Waals surface area (Å²) in [4.78, 5) is 8.46. The van der Waals surface area contributed by atoms with Crippen LogP contribution in [0.25, 0.3) is 11.0 Å². The van der Waals surface area contributed by atoms with Crippen LogP contribution in [0.1, 0.15) is 19.3 Å². The van der Waals surface area contributed by atoms with Gasteiger partial charge in [0.25, 0.3) is 0 Å². The van der Waals surface area contributed by atoms with Gasteiger partial charge in [0.2, 0.25) is 5.95 Å². The molecule has 0 radical (unpaired) electrons. The van der Waals surface area contributed by atoms with Crippen LogP contribution < -0.4 is 16.6 Å². The number of ether oxygens (including phenoxy) is 1. The molecule has 1 fully saturated rings. The van der Waals surface area contributed by atoms with Crippen molar-refractivity contribution in [3.8, 4) is 0 Å². The number of nitrogens with zero attached hydrogens (tertiary/aromatic N) is 3. The first-order valence-electron chi connectivity index (χ1n) is 6.86. The van der Waals surface area contributed by atoms with Gasteiger partial charge >= 0.3 is 0 Å². The number of aromatic amines is 1. The lowest BCUT2D eigenvalue weighted by Crippen LogP contribution is -2.13. The molecule has 2 aromatic heterocycles. The molecule has 108 valence electrons. The van der Waals surface area contributed by atoms with Gasteiger partial charge in [-0.3, -0.25) is 10.5 Å². The Kier molecular flexibility index (Phi) is 3.93. The molecular formula is C12H19N7O. The van der Waals surface area contributed by atoms with Gasteiger partial charge in [0, 0.05) is 19.8 Å². The lowest BCUT2D eigenvalue weighted by Gasteiger charge is -2.08. The lowest BCUT2D eigenvalue weighted by atomic mass is 10.3. The van der Waals surface area contributed by atoms with Crippen LogP contribution in [0, 0.1) is 5.92 Å². The van der Waals surface area contributed by atoms with E-state index >= 15 is 0 Å². The van der Waals surface area contributed by atoms with Crippen LogP contribution in [-0.2, 0) is 4.74 Å². The molecule has 2 aromatic rings. The summed E-state index contributed by atoms with van der Waals surface area (Å²) in [6.07, 6.45) is 5.28. The third-order valence-corrected chi connectivity index (χ3v) is 3.25.